The Morgan fingerprint density at radius 3 is 2.75 bits per heavy atom. The van der Waals surface area contributed by atoms with E-state index in [0.29, 0.717) is 18.5 Å². The van der Waals surface area contributed by atoms with Gasteiger partial charge in [-0.15, -0.1) is 0 Å². The van der Waals surface area contributed by atoms with Crippen molar-refractivity contribution in [1.29, 1.82) is 0 Å². The molecular weight excluding hydrogens is 204 g/mol. The standard InChI is InChI=1S/C12H22N2O2/c1-9-8-13-11(6-7-15)12(16)14(9)10-4-2-3-5-10/h9-11,13,15H,2-8H2,1H3. The highest BCUT2D eigenvalue weighted by molar-refractivity contribution is 5.83. The molecule has 1 saturated heterocycles. The number of nitrogens with zero attached hydrogens (tertiary/aromatic N) is 1. The van der Waals surface area contributed by atoms with Crippen molar-refractivity contribution in [2.24, 2.45) is 0 Å². The van der Waals surface area contributed by atoms with Gasteiger partial charge in [0.15, 0.2) is 0 Å². The summed E-state index contributed by atoms with van der Waals surface area (Å²) < 4.78 is 0. The number of carbonyl (C=O) groups excluding carboxylic acids is 1. The fourth-order valence-electron chi connectivity index (χ4n) is 2.97. The van der Waals surface area contributed by atoms with Crippen LogP contribution >= 0.6 is 0 Å². The molecule has 1 aliphatic heterocycles. The van der Waals surface area contributed by atoms with Gasteiger partial charge in [0.1, 0.15) is 0 Å². The van der Waals surface area contributed by atoms with Gasteiger partial charge >= 0.3 is 0 Å². The second-order valence-electron chi connectivity index (χ2n) is 5.01. The molecule has 4 nitrogen and oxygen atoms in total. The van der Waals surface area contributed by atoms with Gasteiger partial charge in [0.2, 0.25) is 5.91 Å². The van der Waals surface area contributed by atoms with Crippen molar-refractivity contribution < 1.29 is 9.90 Å². The number of nitrogens with one attached hydrogen (secondary N) is 1. The minimum atomic E-state index is -0.165. The van der Waals surface area contributed by atoms with Gasteiger partial charge in [-0.1, -0.05) is 12.8 Å². The van der Waals surface area contributed by atoms with E-state index >= 15 is 0 Å². The number of hydrogen-bond acceptors (Lipinski definition) is 3. The van der Waals surface area contributed by atoms with Gasteiger partial charge in [0.25, 0.3) is 0 Å². The van der Waals surface area contributed by atoms with Crippen LogP contribution in [-0.2, 0) is 4.79 Å². The summed E-state index contributed by atoms with van der Waals surface area (Å²) >= 11 is 0. The third-order valence-electron chi connectivity index (χ3n) is 3.82. The topological polar surface area (TPSA) is 52.6 Å². The Morgan fingerprint density at radius 1 is 1.44 bits per heavy atom. The van der Waals surface area contributed by atoms with Crippen LogP contribution in [0.5, 0.6) is 0 Å². The van der Waals surface area contributed by atoms with E-state index in [4.69, 9.17) is 5.11 Å². The number of amides is 1. The van der Waals surface area contributed by atoms with Crippen LogP contribution in [-0.4, -0.2) is 47.2 Å². The lowest BCUT2D eigenvalue weighted by atomic mass is 10.0. The lowest BCUT2D eigenvalue weighted by Gasteiger charge is -2.42. The molecule has 0 aromatic heterocycles. The second-order valence-corrected chi connectivity index (χ2v) is 5.01. The van der Waals surface area contributed by atoms with Crippen LogP contribution in [0.25, 0.3) is 0 Å². The molecule has 1 aliphatic carbocycles. The highest BCUT2D eigenvalue weighted by Crippen LogP contribution is 2.27. The summed E-state index contributed by atoms with van der Waals surface area (Å²) in [5.74, 6) is 0.194. The fraction of sp³-hybridized carbons (Fsp3) is 0.917. The maximum absolute atomic E-state index is 12.3. The smallest absolute Gasteiger partial charge is 0.240 e. The maximum Gasteiger partial charge on any atom is 0.240 e. The SMILES string of the molecule is CC1CNC(CCO)C(=O)N1C1CCCC1. The number of piperazine rings is 1. The average Bonchev–Trinajstić information content (AvgIpc) is 2.76. The first kappa shape index (κ1) is 11.9. The molecule has 1 heterocycles. The van der Waals surface area contributed by atoms with Gasteiger partial charge in [-0.3, -0.25) is 4.79 Å². The predicted molar refractivity (Wildman–Crippen MR) is 62.1 cm³/mol. The summed E-state index contributed by atoms with van der Waals surface area (Å²) in [4.78, 5) is 14.3. The molecule has 0 aromatic rings. The van der Waals surface area contributed by atoms with Gasteiger partial charge in [-0.05, 0) is 26.2 Å². The van der Waals surface area contributed by atoms with Crippen molar-refractivity contribution in [1.82, 2.24) is 10.2 Å². The van der Waals surface area contributed by atoms with Gasteiger partial charge in [-0.2, -0.15) is 0 Å². The molecule has 2 N–H and O–H groups in total. The Kier molecular flexibility index (Phi) is 3.82. The Hall–Kier alpha value is -0.610. The normalized spacial score (nSPS) is 32.4. The van der Waals surface area contributed by atoms with Gasteiger partial charge in [0.05, 0.1) is 6.04 Å². The molecule has 2 unspecified atom stereocenters. The molecule has 2 fully saturated rings. The van der Waals surface area contributed by atoms with E-state index in [1.54, 1.807) is 0 Å². The van der Waals surface area contributed by atoms with Crippen LogP contribution in [0, 0.1) is 0 Å². The molecule has 0 spiro atoms. The average molecular weight is 226 g/mol. The number of carbonyl (C=O) groups is 1. The summed E-state index contributed by atoms with van der Waals surface area (Å²) in [5, 5.41) is 12.2. The monoisotopic (exact) mass is 226 g/mol. The highest BCUT2D eigenvalue weighted by Gasteiger charge is 2.37. The Morgan fingerprint density at radius 2 is 2.12 bits per heavy atom. The molecule has 1 saturated carbocycles. The number of aliphatic hydroxyl groups is 1. The molecule has 16 heavy (non-hydrogen) atoms. The molecule has 2 rings (SSSR count). The number of aliphatic hydroxyl groups excluding tert-OH is 1. The van der Waals surface area contributed by atoms with E-state index in [1.807, 2.05) is 0 Å². The molecule has 0 bridgehead atoms. The summed E-state index contributed by atoms with van der Waals surface area (Å²) in [6.07, 6.45) is 5.34. The summed E-state index contributed by atoms with van der Waals surface area (Å²) in [5.41, 5.74) is 0. The number of rotatable bonds is 3. The molecular formula is C12H22N2O2. The van der Waals surface area contributed by atoms with E-state index < -0.39 is 0 Å². The van der Waals surface area contributed by atoms with Crippen LogP contribution < -0.4 is 5.32 Å². The third kappa shape index (κ3) is 2.23. The van der Waals surface area contributed by atoms with E-state index in [9.17, 15) is 4.79 Å². The quantitative estimate of drug-likeness (QED) is 0.737. The zero-order valence-electron chi connectivity index (χ0n) is 9.98. The van der Waals surface area contributed by atoms with Gasteiger partial charge in [-0.25, -0.2) is 0 Å². The van der Waals surface area contributed by atoms with Crippen LogP contribution in [0.3, 0.4) is 0 Å². The van der Waals surface area contributed by atoms with Crippen molar-refractivity contribution >= 4 is 5.91 Å². The summed E-state index contributed by atoms with van der Waals surface area (Å²) in [6, 6.07) is 0.582. The highest BCUT2D eigenvalue weighted by atomic mass is 16.3. The molecule has 1 amide bonds. The zero-order chi connectivity index (χ0) is 11.5. The first-order valence-corrected chi connectivity index (χ1v) is 6.40. The lowest BCUT2D eigenvalue weighted by Crippen LogP contribution is -2.61. The van der Waals surface area contributed by atoms with Crippen LogP contribution in [0.4, 0.5) is 0 Å². The molecule has 0 radical (unpaired) electrons. The lowest BCUT2D eigenvalue weighted by molar-refractivity contribution is -0.141. The van der Waals surface area contributed by atoms with Crippen molar-refractivity contribution in [3.05, 3.63) is 0 Å². The Bertz CT molecular complexity index is 251. The zero-order valence-corrected chi connectivity index (χ0v) is 9.98. The van der Waals surface area contributed by atoms with Crippen LogP contribution in [0.1, 0.15) is 39.0 Å². The minimum Gasteiger partial charge on any atom is -0.396 e. The molecule has 2 atom stereocenters. The molecule has 4 heteroatoms. The van der Waals surface area contributed by atoms with E-state index in [-0.39, 0.29) is 18.6 Å². The number of hydrogen-bond donors (Lipinski definition) is 2. The van der Waals surface area contributed by atoms with E-state index in [0.717, 1.165) is 19.4 Å². The molecule has 92 valence electrons. The van der Waals surface area contributed by atoms with Gasteiger partial charge in [0, 0.05) is 25.2 Å². The fourth-order valence-corrected chi connectivity index (χ4v) is 2.97. The van der Waals surface area contributed by atoms with E-state index in [1.165, 1.54) is 12.8 Å². The van der Waals surface area contributed by atoms with Crippen LogP contribution in [0.2, 0.25) is 0 Å². The van der Waals surface area contributed by atoms with Crippen molar-refractivity contribution in [3.8, 4) is 0 Å². The Labute approximate surface area is 97.0 Å². The first-order valence-electron chi connectivity index (χ1n) is 6.40. The van der Waals surface area contributed by atoms with Gasteiger partial charge < -0.3 is 15.3 Å². The van der Waals surface area contributed by atoms with Crippen molar-refractivity contribution in [3.63, 3.8) is 0 Å². The van der Waals surface area contributed by atoms with Crippen molar-refractivity contribution in [2.45, 2.75) is 57.2 Å². The molecule has 0 aromatic carbocycles. The first-order chi connectivity index (χ1) is 7.74. The van der Waals surface area contributed by atoms with Crippen molar-refractivity contribution in [2.75, 3.05) is 13.2 Å². The second kappa shape index (κ2) is 5.15. The predicted octanol–water partition coefficient (Wildman–Crippen LogP) is 0.500. The Balaban J connectivity index is 2.04. The van der Waals surface area contributed by atoms with Crippen LogP contribution in [0.15, 0.2) is 0 Å². The summed E-state index contributed by atoms with van der Waals surface area (Å²) in [7, 11) is 0. The minimum absolute atomic E-state index is 0.0797. The molecule has 2 aliphatic rings. The van der Waals surface area contributed by atoms with E-state index in [2.05, 4.69) is 17.1 Å². The largest absolute Gasteiger partial charge is 0.396 e. The third-order valence-corrected chi connectivity index (χ3v) is 3.82. The maximum atomic E-state index is 12.3. The summed E-state index contributed by atoms with van der Waals surface area (Å²) in [6.45, 7) is 3.04.